The first-order valence-corrected chi connectivity index (χ1v) is 5.00. The van der Waals surface area contributed by atoms with Crippen LogP contribution >= 0.6 is 15.9 Å². The fourth-order valence-corrected chi connectivity index (χ4v) is 1.36. The van der Waals surface area contributed by atoms with Gasteiger partial charge in [0.2, 0.25) is 0 Å². The third-order valence-corrected chi connectivity index (χ3v) is 2.61. The molecule has 1 rings (SSSR count). The number of rotatable bonds is 3. The Morgan fingerprint density at radius 1 is 1.38 bits per heavy atom. The molecule has 1 nitrogen and oxygen atoms in total. The molecule has 0 bridgehead atoms. The topological polar surface area (TPSA) is 20.2 Å². The summed E-state index contributed by atoms with van der Waals surface area (Å²) in [6.07, 6.45) is 1.30. The predicted octanol–water partition coefficient (Wildman–Crippen LogP) is 3.30. The Hall–Kier alpha value is -0.600. The molecule has 0 fully saturated rings. The number of halogens is 1. The molecule has 0 aliphatic rings. The van der Waals surface area contributed by atoms with E-state index in [-0.39, 0.29) is 5.92 Å². The highest BCUT2D eigenvalue weighted by Gasteiger charge is 2.12. The van der Waals surface area contributed by atoms with Gasteiger partial charge < -0.3 is 5.11 Å². The van der Waals surface area contributed by atoms with Gasteiger partial charge in [-0.2, -0.15) is 0 Å². The number of aliphatic hydroxyl groups excluding tert-OH is 1. The molecule has 0 heterocycles. The molecule has 0 saturated heterocycles. The molecule has 0 spiro atoms. The van der Waals surface area contributed by atoms with Gasteiger partial charge in [-0.3, -0.25) is 0 Å². The Morgan fingerprint density at radius 3 is 2.38 bits per heavy atom. The Kier molecular flexibility index (Phi) is 3.70. The van der Waals surface area contributed by atoms with Gasteiger partial charge in [0.25, 0.3) is 0 Å². The second-order valence-corrected chi connectivity index (χ2v) is 4.01. The molecule has 2 heteroatoms. The number of benzene rings is 1. The SMILES string of the molecule is C=C[C@H](C)[C@@H](O)c1ccc(Br)cc1. The molecule has 0 aromatic heterocycles. The van der Waals surface area contributed by atoms with E-state index < -0.39 is 6.10 Å². The summed E-state index contributed by atoms with van der Waals surface area (Å²) in [6.45, 7) is 5.60. The van der Waals surface area contributed by atoms with Gasteiger partial charge in [0, 0.05) is 10.4 Å². The second kappa shape index (κ2) is 4.58. The normalized spacial score (nSPS) is 15.0. The van der Waals surface area contributed by atoms with E-state index in [4.69, 9.17) is 0 Å². The van der Waals surface area contributed by atoms with Crippen LogP contribution in [0.4, 0.5) is 0 Å². The van der Waals surface area contributed by atoms with Crippen LogP contribution in [0.15, 0.2) is 41.4 Å². The second-order valence-electron chi connectivity index (χ2n) is 3.09. The van der Waals surface area contributed by atoms with Gasteiger partial charge in [0.1, 0.15) is 0 Å². The van der Waals surface area contributed by atoms with E-state index in [0.717, 1.165) is 10.0 Å². The zero-order valence-corrected chi connectivity index (χ0v) is 9.16. The Balaban J connectivity index is 2.82. The van der Waals surface area contributed by atoms with Crippen molar-refractivity contribution in [3.8, 4) is 0 Å². The van der Waals surface area contributed by atoms with E-state index in [1.807, 2.05) is 31.2 Å². The summed E-state index contributed by atoms with van der Waals surface area (Å²) in [6, 6.07) is 7.67. The highest BCUT2D eigenvalue weighted by molar-refractivity contribution is 9.10. The summed E-state index contributed by atoms with van der Waals surface area (Å²) in [5.74, 6) is 0.0844. The van der Waals surface area contributed by atoms with Gasteiger partial charge in [0.05, 0.1) is 6.10 Å². The minimum absolute atomic E-state index is 0.0844. The zero-order chi connectivity index (χ0) is 9.84. The molecule has 70 valence electrons. The fourth-order valence-electron chi connectivity index (χ4n) is 1.09. The van der Waals surface area contributed by atoms with E-state index >= 15 is 0 Å². The minimum atomic E-state index is -0.453. The van der Waals surface area contributed by atoms with Crippen LogP contribution in [0.1, 0.15) is 18.6 Å². The first-order chi connectivity index (χ1) is 6.15. The summed E-state index contributed by atoms with van der Waals surface area (Å²) < 4.78 is 1.02. The van der Waals surface area contributed by atoms with E-state index in [9.17, 15) is 5.11 Å². The van der Waals surface area contributed by atoms with Crippen LogP contribution in [0.5, 0.6) is 0 Å². The number of aliphatic hydroxyl groups is 1. The molecule has 1 aromatic rings. The Bertz CT molecular complexity index is 279. The van der Waals surface area contributed by atoms with Crippen molar-refractivity contribution in [2.75, 3.05) is 0 Å². The van der Waals surface area contributed by atoms with E-state index in [2.05, 4.69) is 22.5 Å². The van der Waals surface area contributed by atoms with Crippen molar-refractivity contribution < 1.29 is 5.11 Å². The maximum atomic E-state index is 9.79. The number of hydrogen-bond acceptors (Lipinski definition) is 1. The molecule has 1 N–H and O–H groups in total. The average Bonchev–Trinajstić information content (AvgIpc) is 2.17. The largest absolute Gasteiger partial charge is 0.388 e. The highest BCUT2D eigenvalue weighted by Crippen LogP contribution is 2.23. The van der Waals surface area contributed by atoms with Gasteiger partial charge in [0.15, 0.2) is 0 Å². The first-order valence-electron chi connectivity index (χ1n) is 4.21. The third-order valence-electron chi connectivity index (χ3n) is 2.08. The van der Waals surface area contributed by atoms with Crippen LogP contribution in [0, 0.1) is 5.92 Å². The predicted molar refractivity (Wildman–Crippen MR) is 58.5 cm³/mol. The van der Waals surface area contributed by atoms with E-state index in [1.54, 1.807) is 6.08 Å². The van der Waals surface area contributed by atoms with Crippen LogP contribution in [0.3, 0.4) is 0 Å². The van der Waals surface area contributed by atoms with Crippen molar-refractivity contribution in [3.63, 3.8) is 0 Å². The zero-order valence-electron chi connectivity index (χ0n) is 7.57. The lowest BCUT2D eigenvalue weighted by Crippen LogP contribution is -2.05. The molecule has 13 heavy (non-hydrogen) atoms. The van der Waals surface area contributed by atoms with Crippen LogP contribution in [-0.2, 0) is 0 Å². The summed E-state index contributed by atoms with van der Waals surface area (Å²) in [4.78, 5) is 0. The fraction of sp³-hybridized carbons (Fsp3) is 0.273. The average molecular weight is 241 g/mol. The standard InChI is InChI=1S/C11H13BrO/c1-3-8(2)11(13)9-4-6-10(12)7-5-9/h3-8,11,13H,1H2,2H3/t8-,11+/m0/s1. The summed E-state index contributed by atoms with van der Waals surface area (Å²) in [7, 11) is 0. The van der Waals surface area contributed by atoms with Crippen molar-refractivity contribution in [2.24, 2.45) is 5.92 Å². The maximum absolute atomic E-state index is 9.79. The van der Waals surface area contributed by atoms with Crippen molar-refractivity contribution in [2.45, 2.75) is 13.0 Å². The van der Waals surface area contributed by atoms with E-state index in [0.29, 0.717) is 0 Å². The van der Waals surface area contributed by atoms with Crippen molar-refractivity contribution in [3.05, 3.63) is 47.0 Å². The Morgan fingerprint density at radius 2 is 1.92 bits per heavy atom. The first kappa shape index (κ1) is 10.5. The van der Waals surface area contributed by atoms with Crippen molar-refractivity contribution >= 4 is 15.9 Å². The van der Waals surface area contributed by atoms with Crippen LogP contribution in [0.2, 0.25) is 0 Å². The van der Waals surface area contributed by atoms with Crippen LogP contribution in [-0.4, -0.2) is 5.11 Å². The van der Waals surface area contributed by atoms with Gasteiger partial charge in [-0.25, -0.2) is 0 Å². The van der Waals surface area contributed by atoms with Crippen LogP contribution in [0.25, 0.3) is 0 Å². The molecule has 2 atom stereocenters. The smallest absolute Gasteiger partial charge is 0.0849 e. The summed E-state index contributed by atoms with van der Waals surface area (Å²) >= 11 is 3.35. The molecular formula is C11H13BrO. The minimum Gasteiger partial charge on any atom is -0.388 e. The molecule has 0 aliphatic heterocycles. The molecule has 0 aliphatic carbocycles. The highest BCUT2D eigenvalue weighted by atomic mass is 79.9. The molecule has 0 unspecified atom stereocenters. The monoisotopic (exact) mass is 240 g/mol. The van der Waals surface area contributed by atoms with E-state index in [1.165, 1.54) is 0 Å². The lowest BCUT2D eigenvalue weighted by Gasteiger charge is -2.15. The summed E-state index contributed by atoms with van der Waals surface area (Å²) in [5.41, 5.74) is 0.926. The molecule has 0 saturated carbocycles. The quantitative estimate of drug-likeness (QED) is 0.805. The molecule has 0 amide bonds. The van der Waals surface area contributed by atoms with Crippen molar-refractivity contribution in [1.82, 2.24) is 0 Å². The lowest BCUT2D eigenvalue weighted by atomic mass is 9.98. The molecular weight excluding hydrogens is 228 g/mol. The third kappa shape index (κ3) is 2.68. The molecule has 0 radical (unpaired) electrons. The van der Waals surface area contributed by atoms with Crippen LogP contribution < -0.4 is 0 Å². The van der Waals surface area contributed by atoms with Gasteiger partial charge >= 0.3 is 0 Å². The van der Waals surface area contributed by atoms with Gasteiger partial charge in [-0.15, -0.1) is 6.58 Å². The number of hydrogen-bond donors (Lipinski definition) is 1. The lowest BCUT2D eigenvalue weighted by molar-refractivity contribution is 0.140. The van der Waals surface area contributed by atoms with Gasteiger partial charge in [-0.1, -0.05) is 41.1 Å². The maximum Gasteiger partial charge on any atom is 0.0849 e. The Labute approximate surface area is 87.2 Å². The van der Waals surface area contributed by atoms with Crippen molar-refractivity contribution in [1.29, 1.82) is 0 Å². The summed E-state index contributed by atoms with van der Waals surface area (Å²) in [5, 5.41) is 9.79. The van der Waals surface area contributed by atoms with Gasteiger partial charge in [-0.05, 0) is 17.7 Å². The molecule has 1 aromatic carbocycles.